The van der Waals surface area contributed by atoms with Gasteiger partial charge in [-0.3, -0.25) is 4.79 Å². The minimum Gasteiger partial charge on any atom is -0.481 e. The Morgan fingerprint density at radius 1 is 1.41 bits per heavy atom. The first-order valence-electron chi connectivity index (χ1n) is 5.84. The Kier molecular flexibility index (Phi) is 2.21. The Bertz CT molecular complexity index is 469. The third-order valence-electron chi connectivity index (χ3n) is 3.71. The summed E-state index contributed by atoms with van der Waals surface area (Å²) in [5.41, 5.74) is 0.507. The summed E-state index contributed by atoms with van der Waals surface area (Å²) >= 11 is 0. The Morgan fingerprint density at radius 2 is 2.24 bits per heavy atom. The van der Waals surface area contributed by atoms with Crippen LogP contribution < -0.4 is 15.4 Å². The number of hydrogen-bond donors (Lipinski definition) is 2. The third-order valence-corrected chi connectivity index (χ3v) is 3.71. The summed E-state index contributed by atoms with van der Waals surface area (Å²) < 4.78 is 5.08. The molecule has 1 amide bonds. The molecule has 0 atom stereocenters. The van der Waals surface area contributed by atoms with Crippen LogP contribution in [0.4, 0.5) is 11.5 Å². The lowest BCUT2D eigenvalue weighted by molar-refractivity contribution is -0.129. The van der Waals surface area contributed by atoms with Gasteiger partial charge in [0.25, 0.3) is 0 Å². The number of aromatic nitrogens is 1. The highest BCUT2D eigenvalue weighted by Crippen LogP contribution is 2.44. The van der Waals surface area contributed by atoms with E-state index in [1.165, 1.54) is 0 Å². The molecule has 1 spiro atoms. The molecule has 1 aliphatic heterocycles. The molecule has 1 aliphatic carbocycles. The van der Waals surface area contributed by atoms with Crippen LogP contribution >= 0.6 is 0 Å². The highest BCUT2D eigenvalue weighted by atomic mass is 16.5. The van der Waals surface area contributed by atoms with Crippen LogP contribution in [-0.4, -0.2) is 24.5 Å². The molecule has 0 unspecified atom stereocenters. The summed E-state index contributed by atoms with van der Waals surface area (Å²) in [4.78, 5) is 16.4. The summed E-state index contributed by atoms with van der Waals surface area (Å²) in [5, 5.41) is 6.20. The fourth-order valence-corrected chi connectivity index (χ4v) is 2.39. The zero-order valence-corrected chi connectivity index (χ0v) is 9.75. The largest absolute Gasteiger partial charge is 0.481 e. The number of methoxy groups -OCH3 is 1. The van der Waals surface area contributed by atoms with Crippen molar-refractivity contribution in [2.24, 2.45) is 5.41 Å². The maximum Gasteiger partial charge on any atom is 0.232 e. The minimum atomic E-state index is -0.228. The quantitative estimate of drug-likeness (QED) is 0.773. The summed E-state index contributed by atoms with van der Waals surface area (Å²) in [6.07, 6.45) is 3.04. The van der Waals surface area contributed by atoms with Gasteiger partial charge in [0.05, 0.1) is 18.2 Å². The van der Waals surface area contributed by atoms with Crippen LogP contribution in [0.3, 0.4) is 0 Å². The van der Waals surface area contributed by atoms with Crippen molar-refractivity contribution < 1.29 is 9.53 Å². The molecule has 0 radical (unpaired) electrons. The van der Waals surface area contributed by atoms with Gasteiger partial charge in [-0.15, -0.1) is 0 Å². The van der Waals surface area contributed by atoms with Crippen LogP contribution in [0.5, 0.6) is 5.88 Å². The lowest BCUT2D eigenvalue weighted by Gasteiger charge is -2.38. The predicted octanol–water partition coefficient (Wildman–Crippen LogP) is 1.62. The van der Waals surface area contributed by atoms with E-state index in [0.717, 1.165) is 24.9 Å². The summed E-state index contributed by atoms with van der Waals surface area (Å²) in [5.74, 6) is 1.36. The average Bonchev–Trinajstić information content (AvgIpc) is 2.43. The first kappa shape index (κ1) is 10.4. The Morgan fingerprint density at radius 3 is 2.88 bits per heavy atom. The second-order valence-electron chi connectivity index (χ2n) is 4.69. The number of amides is 1. The number of carbonyl (C=O) groups excluding carboxylic acids is 1. The van der Waals surface area contributed by atoms with Crippen LogP contribution in [0.25, 0.3) is 0 Å². The molecule has 3 rings (SSSR count). The predicted molar refractivity (Wildman–Crippen MR) is 64.2 cm³/mol. The van der Waals surface area contributed by atoms with Crippen molar-refractivity contribution in [3.63, 3.8) is 0 Å². The van der Waals surface area contributed by atoms with Crippen LogP contribution in [0.2, 0.25) is 0 Å². The van der Waals surface area contributed by atoms with Gasteiger partial charge in [-0.05, 0) is 18.9 Å². The van der Waals surface area contributed by atoms with Gasteiger partial charge >= 0.3 is 0 Å². The smallest absolute Gasteiger partial charge is 0.232 e. The topological polar surface area (TPSA) is 63.2 Å². The van der Waals surface area contributed by atoms with Gasteiger partial charge in [-0.2, -0.15) is 4.98 Å². The first-order chi connectivity index (χ1) is 8.23. The highest BCUT2D eigenvalue weighted by Gasteiger charge is 2.45. The van der Waals surface area contributed by atoms with Gasteiger partial charge in [0.1, 0.15) is 0 Å². The number of nitrogens with one attached hydrogen (secondary N) is 2. The molecule has 1 saturated carbocycles. The van der Waals surface area contributed by atoms with E-state index in [9.17, 15) is 4.79 Å². The standard InChI is InChI=1S/C12H15N3O2/c1-17-9-4-3-8-10(15-9)13-7-12(5-2-6-12)11(16)14-8/h3-4H,2,5-7H2,1H3,(H,13,15)(H,14,16). The van der Waals surface area contributed by atoms with E-state index in [-0.39, 0.29) is 11.3 Å². The van der Waals surface area contributed by atoms with Crippen LogP contribution in [0, 0.1) is 5.41 Å². The zero-order chi connectivity index (χ0) is 11.9. The van der Waals surface area contributed by atoms with Crippen LogP contribution in [-0.2, 0) is 4.79 Å². The molecule has 90 valence electrons. The maximum atomic E-state index is 12.1. The van der Waals surface area contributed by atoms with Crippen molar-refractivity contribution in [3.8, 4) is 5.88 Å². The van der Waals surface area contributed by atoms with Crippen molar-refractivity contribution in [2.75, 3.05) is 24.3 Å². The maximum absolute atomic E-state index is 12.1. The molecule has 1 fully saturated rings. The number of pyridine rings is 1. The van der Waals surface area contributed by atoms with Crippen LogP contribution in [0.15, 0.2) is 12.1 Å². The molecule has 0 saturated heterocycles. The molecule has 1 aromatic heterocycles. The van der Waals surface area contributed by atoms with E-state index >= 15 is 0 Å². The van der Waals surface area contributed by atoms with Gasteiger partial charge in [-0.25, -0.2) is 0 Å². The van der Waals surface area contributed by atoms with E-state index in [2.05, 4.69) is 15.6 Å². The summed E-state index contributed by atoms with van der Waals surface area (Å²) in [6, 6.07) is 3.57. The number of nitrogens with zero attached hydrogens (tertiary/aromatic N) is 1. The number of carbonyl (C=O) groups is 1. The minimum absolute atomic E-state index is 0.113. The number of hydrogen-bond acceptors (Lipinski definition) is 4. The molecule has 0 bridgehead atoms. The van der Waals surface area contributed by atoms with E-state index in [0.29, 0.717) is 18.2 Å². The zero-order valence-electron chi connectivity index (χ0n) is 9.75. The molecule has 5 heteroatoms. The monoisotopic (exact) mass is 233 g/mol. The first-order valence-corrected chi connectivity index (χ1v) is 5.84. The molecule has 2 heterocycles. The van der Waals surface area contributed by atoms with E-state index in [4.69, 9.17) is 4.74 Å². The second-order valence-corrected chi connectivity index (χ2v) is 4.69. The van der Waals surface area contributed by atoms with Crippen LogP contribution in [0.1, 0.15) is 19.3 Å². The Hall–Kier alpha value is -1.78. The molecular weight excluding hydrogens is 218 g/mol. The molecule has 2 aliphatic rings. The summed E-state index contributed by atoms with van der Waals surface area (Å²) in [7, 11) is 1.58. The summed E-state index contributed by atoms with van der Waals surface area (Å²) in [6.45, 7) is 0.659. The molecule has 0 aromatic carbocycles. The van der Waals surface area contributed by atoms with Crippen molar-refractivity contribution in [2.45, 2.75) is 19.3 Å². The molecule has 5 nitrogen and oxygen atoms in total. The SMILES string of the molecule is COc1ccc2c(n1)NCC1(CCC1)C(=O)N2. The molecule has 1 aromatic rings. The van der Waals surface area contributed by atoms with E-state index in [1.807, 2.05) is 6.07 Å². The molecular formula is C12H15N3O2. The number of rotatable bonds is 1. The van der Waals surface area contributed by atoms with Gasteiger partial charge < -0.3 is 15.4 Å². The normalized spacial score (nSPS) is 20.6. The Balaban J connectivity index is 1.93. The lowest BCUT2D eigenvalue weighted by atomic mass is 9.68. The number of fused-ring (bicyclic) bond motifs is 1. The highest BCUT2D eigenvalue weighted by molar-refractivity contribution is 5.99. The van der Waals surface area contributed by atoms with Crippen molar-refractivity contribution in [3.05, 3.63) is 12.1 Å². The van der Waals surface area contributed by atoms with Gasteiger partial charge in [-0.1, -0.05) is 6.42 Å². The molecule has 2 N–H and O–H groups in total. The van der Waals surface area contributed by atoms with E-state index < -0.39 is 0 Å². The fraction of sp³-hybridized carbons (Fsp3) is 0.500. The third kappa shape index (κ3) is 1.53. The second kappa shape index (κ2) is 3.61. The number of anilines is 2. The Labute approximate surface area is 99.6 Å². The lowest BCUT2D eigenvalue weighted by Crippen LogP contribution is -2.45. The van der Waals surface area contributed by atoms with Gasteiger partial charge in [0, 0.05) is 12.6 Å². The van der Waals surface area contributed by atoms with Crippen molar-refractivity contribution in [1.29, 1.82) is 0 Å². The fourth-order valence-electron chi connectivity index (χ4n) is 2.39. The molecule has 17 heavy (non-hydrogen) atoms. The number of ether oxygens (including phenoxy) is 1. The van der Waals surface area contributed by atoms with Gasteiger partial charge in [0.15, 0.2) is 5.82 Å². The van der Waals surface area contributed by atoms with Crippen molar-refractivity contribution >= 4 is 17.4 Å². The van der Waals surface area contributed by atoms with E-state index in [1.54, 1.807) is 13.2 Å². The average molecular weight is 233 g/mol. The van der Waals surface area contributed by atoms with Crippen molar-refractivity contribution in [1.82, 2.24) is 4.98 Å². The van der Waals surface area contributed by atoms with Gasteiger partial charge in [0.2, 0.25) is 11.8 Å².